The number of hydrogen-bond donors (Lipinski definition) is 16. The van der Waals surface area contributed by atoms with E-state index in [0.29, 0.717) is 19.3 Å². The fourth-order valence-corrected chi connectivity index (χ4v) is 9.49. The molecule has 17 atom stereocenters. The number of rotatable bonds is 32. The summed E-state index contributed by atoms with van der Waals surface area (Å²) in [5, 5.41) is 52.3. The number of aliphatic hydroxyl groups excluding tert-OH is 2. The van der Waals surface area contributed by atoms with Crippen LogP contribution in [0.1, 0.15) is 120 Å². The molecule has 0 saturated carbocycles. The summed E-state index contributed by atoms with van der Waals surface area (Å²) in [6.45, 7) is 14.3. The molecule has 1 fully saturated rings. The van der Waals surface area contributed by atoms with Crippen LogP contribution in [0.2, 0.25) is 0 Å². The van der Waals surface area contributed by atoms with Crippen molar-refractivity contribution < 1.29 is 72.5 Å². The van der Waals surface area contributed by atoms with Crippen LogP contribution in [0, 0.1) is 23.7 Å². The summed E-state index contributed by atoms with van der Waals surface area (Å²) in [7, 11) is 1.60. The smallest absolute Gasteiger partial charge is 0.329 e. The van der Waals surface area contributed by atoms with Crippen molar-refractivity contribution in [2.75, 3.05) is 26.8 Å². The summed E-state index contributed by atoms with van der Waals surface area (Å²) in [6, 6.07) is -6.85. The van der Waals surface area contributed by atoms with Crippen LogP contribution in [0.25, 0.3) is 0 Å². The Hall–Kier alpha value is -7.99. The van der Waals surface area contributed by atoms with E-state index in [1.165, 1.54) is 13.8 Å². The molecule has 88 heavy (non-hydrogen) atoms. The third-order valence-electron chi connectivity index (χ3n) is 16.1. The van der Waals surface area contributed by atoms with Gasteiger partial charge in [-0.1, -0.05) is 111 Å². The van der Waals surface area contributed by atoms with Crippen LogP contribution in [0.5, 0.6) is 0 Å². The number of guanidine groups is 1. The van der Waals surface area contributed by atoms with Gasteiger partial charge in [-0.05, 0) is 69.4 Å². The second kappa shape index (κ2) is 36.4. The molecule has 18 N–H and O–H groups in total. The van der Waals surface area contributed by atoms with Crippen molar-refractivity contribution in [2.24, 2.45) is 40.1 Å². The number of hydrogen-bond acceptors (Lipinski definition) is 19. The molecular formula is C58H95N15O15. The van der Waals surface area contributed by atoms with E-state index in [1.807, 2.05) is 30.3 Å². The zero-order chi connectivity index (χ0) is 66.1. The monoisotopic (exact) mass is 1240 g/mol. The van der Waals surface area contributed by atoms with E-state index in [0.717, 1.165) is 5.56 Å². The predicted molar refractivity (Wildman–Crippen MR) is 322 cm³/mol. The van der Waals surface area contributed by atoms with E-state index in [1.54, 1.807) is 62.4 Å². The Bertz CT molecular complexity index is 2610. The number of ether oxygens (including phenoxy) is 1. The van der Waals surface area contributed by atoms with Gasteiger partial charge in [0, 0.05) is 6.42 Å². The number of amides is 11. The Kier molecular flexibility index (Phi) is 30.7. The summed E-state index contributed by atoms with van der Waals surface area (Å²) in [5.41, 5.74) is 12.1. The Morgan fingerprint density at radius 2 is 1.11 bits per heavy atom. The number of nitrogens with one attached hydrogen (secondary N) is 12. The first-order chi connectivity index (χ1) is 41.6. The minimum absolute atomic E-state index is 0.0104. The van der Waals surface area contributed by atoms with Gasteiger partial charge < -0.3 is 90.2 Å². The van der Waals surface area contributed by atoms with Gasteiger partial charge >= 0.3 is 5.97 Å². The van der Waals surface area contributed by atoms with E-state index in [9.17, 15) is 67.7 Å². The van der Waals surface area contributed by atoms with E-state index in [-0.39, 0.29) is 31.8 Å². The number of nitrogens with two attached hydrogens (primary N) is 2. The quantitative estimate of drug-likeness (QED) is 0.0304. The van der Waals surface area contributed by atoms with Crippen molar-refractivity contribution in [3.8, 4) is 0 Å². The molecule has 30 heteroatoms. The largest absolute Gasteiger partial charge is 0.458 e. The molecule has 492 valence electrons. The highest BCUT2D eigenvalue weighted by Gasteiger charge is 2.41. The van der Waals surface area contributed by atoms with Gasteiger partial charge in [-0.2, -0.15) is 0 Å². The molecule has 0 aromatic heterocycles. The van der Waals surface area contributed by atoms with Crippen LogP contribution >= 0.6 is 0 Å². The molecule has 2 heterocycles. The molecule has 0 bridgehead atoms. The van der Waals surface area contributed by atoms with Crippen molar-refractivity contribution in [2.45, 2.75) is 199 Å². The lowest BCUT2D eigenvalue weighted by molar-refractivity contribution is -0.157. The SMILES string of the molecule is CC[C@H](C)C(NC(=O)[C@@H](CCC(N)=O)NC(=O)[C@H](CO)NC(=O)[C@@H](NC(=O)[C@@H](Cc1ccccc1)NC)[C@@H](C)CC)C(=O)N[C@@H](C(=O)N[C@@H](CO)C(=O)N[C@H]1C(=O)N[C@@H](C)C(=O)N[C@@H](C[C@H]2CN=C(N)N2)C(=O)NC([C@@H](C)CC)C(=O)O[C@H]1C)[C@@H](C)CC. The highest BCUT2D eigenvalue weighted by molar-refractivity contribution is 5.99. The maximum absolute atomic E-state index is 14.4. The maximum Gasteiger partial charge on any atom is 0.329 e. The second-order valence-electron chi connectivity index (χ2n) is 22.8. The molecule has 1 aromatic rings. The molecule has 3 rings (SSSR count). The normalized spacial score (nSPS) is 22.7. The first kappa shape index (κ1) is 74.3. The molecule has 11 amide bonds. The van der Waals surface area contributed by atoms with Crippen LogP contribution in [-0.2, 0) is 68.7 Å². The summed E-state index contributed by atoms with van der Waals surface area (Å²) in [5.74, 6) is -13.1. The van der Waals surface area contributed by atoms with Crippen molar-refractivity contribution in [1.82, 2.24) is 63.8 Å². The first-order valence-corrected chi connectivity index (χ1v) is 30.1. The molecule has 2 aliphatic rings. The second-order valence-corrected chi connectivity index (χ2v) is 22.8. The number of nitrogens with zero attached hydrogens (tertiary/aromatic N) is 1. The topological polar surface area (TPSA) is 463 Å². The van der Waals surface area contributed by atoms with E-state index < -0.39 is 199 Å². The maximum atomic E-state index is 14.4. The van der Waals surface area contributed by atoms with E-state index in [4.69, 9.17) is 16.2 Å². The standard InChI is InChI=1S/C58H95N15O15/c1-12-28(5)42(70-49(79)37(61-11)23-34-19-17-16-18-20-34)53(83)67-39(26-74)51(81)65-36(21-22-41(59)76)48(78)69-44(30(7)14-3)55(85)71-43(29(6)13-2)54(84)68-40(27-75)52(82)73-46-33(10)88-57(87)45(31(8)15-4)72-50(80)38(24-35-25-62-58(60)64-35)66-47(77)32(9)63-56(46)86/h16-20,28-33,35-40,42-46,61,74-75H,12-15,21-27H2,1-11H3,(H2,59,76)(H,63,86)(H,65,81)(H,66,77)(H,67,83)(H,68,84)(H,69,78)(H,70,79)(H,71,85)(H,72,80)(H,73,82)(H3,60,62,64)/t28-,29-,30-,31-,32-,33-,35-,36+,37+,38-,39-,40-,42-,43+,44?,45?,46+/m0/s1. The van der Waals surface area contributed by atoms with Crippen LogP contribution in [0.3, 0.4) is 0 Å². The Labute approximate surface area is 513 Å². The van der Waals surface area contributed by atoms with Crippen LogP contribution in [-0.4, -0.2) is 193 Å². The molecule has 2 aliphatic heterocycles. The lowest BCUT2D eigenvalue weighted by Crippen LogP contribution is -2.63. The van der Waals surface area contributed by atoms with Crippen molar-refractivity contribution in [3.63, 3.8) is 0 Å². The first-order valence-electron chi connectivity index (χ1n) is 30.1. The van der Waals surface area contributed by atoms with Crippen molar-refractivity contribution >= 4 is 76.9 Å². The number of primary amides is 1. The Morgan fingerprint density at radius 3 is 1.59 bits per heavy atom. The van der Waals surface area contributed by atoms with Gasteiger partial charge in [-0.25, -0.2) is 4.79 Å². The van der Waals surface area contributed by atoms with Crippen LogP contribution in [0.4, 0.5) is 0 Å². The molecule has 2 unspecified atom stereocenters. The summed E-state index contributed by atoms with van der Waals surface area (Å²) >= 11 is 0. The number of carbonyl (C=O) groups excluding carboxylic acids is 12. The molecule has 30 nitrogen and oxygen atoms in total. The lowest BCUT2D eigenvalue weighted by Gasteiger charge is -2.31. The number of esters is 1. The van der Waals surface area contributed by atoms with Gasteiger partial charge in [0.1, 0.15) is 66.5 Å². The third-order valence-corrected chi connectivity index (χ3v) is 16.1. The van der Waals surface area contributed by atoms with E-state index >= 15 is 0 Å². The van der Waals surface area contributed by atoms with Crippen LogP contribution in [0.15, 0.2) is 35.3 Å². The van der Waals surface area contributed by atoms with E-state index in [2.05, 4.69) is 68.8 Å². The fourth-order valence-electron chi connectivity index (χ4n) is 9.49. The molecule has 0 aliphatic carbocycles. The zero-order valence-electron chi connectivity index (χ0n) is 52.3. The third kappa shape index (κ3) is 22.3. The fraction of sp³-hybridized carbons (Fsp3) is 0.672. The van der Waals surface area contributed by atoms with Crippen molar-refractivity contribution in [1.29, 1.82) is 0 Å². The predicted octanol–water partition coefficient (Wildman–Crippen LogP) is -4.26. The Balaban J connectivity index is 1.85. The molecule has 1 saturated heterocycles. The molecule has 0 spiro atoms. The van der Waals surface area contributed by atoms with Crippen LogP contribution < -0.4 is 75.3 Å². The highest BCUT2D eigenvalue weighted by Crippen LogP contribution is 2.18. The molecule has 1 aromatic carbocycles. The molecular weight excluding hydrogens is 1150 g/mol. The van der Waals surface area contributed by atoms with Gasteiger partial charge in [0.25, 0.3) is 0 Å². The number of carbonyl (C=O) groups is 12. The number of cyclic esters (lactones) is 1. The minimum Gasteiger partial charge on any atom is -0.458 e. The average Bonchev–Trinajstić information content (AvgIpc) is 3.57. The van der Waals surface area contributed by atoms with Gasteiger partial charge in [-0.15, -0.1) is 0 Å². The summed E-state index contributed by atoms with van der Waals surface area (Å²) in [6.07, 6.45) is -0.755. The number of aliphatic imine (C=N–C) groups is 1. The van der Waals surface area contributed by atoms with Gasteiger partial charge in [0.15, 0.2) is 5.96 Å². The highest BCUT2D eigenvalue weighted by atomic mass is 16.5. The van der Waals surface area contributed by atoms with Gasteiger partial charge in [-0.3, -0.25) is 57.7 Å². The number of benzene rings is 1. The zero-order valence-corrected chi connectivity index (χ0v) is 52.3. The summed E-state index contributed by atoms with van der Waals surface area (Å²) in [4.78, 5) is 170. The van der Waals surface area contributed by atoms with Crippen molar-refractivity contribution in [3.05, 3.63) is 35.9 Å². The van der Waals surface area contributed by atoms with Gasteiger partial charge in [0.05, 0.1) is 31.8 Å². The number of likely N-dealkylation sites (N-methyl/N-ethyl adjacent to an activating group) is 1. The summed E-state index contributed by atoms with van der Waals surface area (Å²) < 4.78 is 5.73. The van der Waals surface area contributed by atoms with Gasteiger partial charge in [0.2, 0.25) is 65.0 Å². The average molecular weight is 1240 g/mol. The Morgan fingerprint density at radius 1 is 0.625 bits per heavy atom. The number of aliphatic hydroxyl groups is 2. The lowest BCUT2D eigenvalue weighted by atomic mass is 9.94. The minimum atomic E-state index is -1.82. The molecule has 0 radical (unpaired) electrons.